The maximum Gasteiger partial charge on any atom is 0.340 e. The molecule has 1 aromatic rings. The van der Waals surface area contributed by atoms with Crippen LogP contribution in [0.15, 0.2) is 24.3 Å². The average molecular weight is 341 g/mol. The summed E-state index contributed by atoms with van der Waals surface area (Å²) in [5, 5.41) is 0. The van der Waals surface area contributed by atoms with E-state index in [0.29, 0.717) is 24.1 Å². The summed E-state index contributed by atoms with van der Waals surface area (Å²) in [6.07, 6.45) is 3.08. The Bertz CT molecular complexity index is 713. The summed E-state index contributed by atoms with van der Waals surface area (Å²) in [5.41, 5.74) is 0.664. The molecule has 3 aliphatic rings. The Labute approximate surface area is 147 Å². The molecule has 132 valence electrons. The van der Waals surface area contributed by atoms with E-state index < -0.39 is 5.97 Å². The number of para-hydroxylation sites is 1. The Balaban J connectivity index is 1.65. The Morgan fingerprint density at radius 2 is 1.72 bits per heavy atom. The molecule has 4 atom stereocenters. The highest BCUT2D eigenvalue weighted by Crippen LogP contribution is 2.56. The molecule has 4 rings (SSSR count). The second kappa shape index (κ2) is 5.97. The van der Waals surface area contributed by atoms with Crippen LogP contribution >= 0.6 is 0 Å². The maximum atomic E-state index is 13.0. The van der Waals surface area contributed by atoms with Crippen molar-refractivity contribution in [3.8, 4) is 0 Å². The maximum absolute atomic E-state index is 13.0. The van der Waals surface area contributed by atoms with Gasteiger partial charge in [0, 0.05) is 0 Å². The number of hydrogen-bond acceptors (Lipinski definition) is 4. The second-order valence-corrected chi connectivity index (χ2v) is 7.91. The van der Waals surface area contributed by atoms with E-state index in [1.165, 1.54) is 4.90 Å². The van der Waals surface area contributed by atoms with E-state index in [2.05, 4.69) is 0 Å². The number of fused-ring (bicyclic) bond motifs is 5. The SMILES string of the molecule is CC(C)COC(=O)c1ccccc1N1C(=O)[C@@H]2[C@@H]3CC[C@@H](C3)[C@@H]2C1=O. The van der Waals surface area contributed by atoms with Gasteiger partial charge in [0.15, 0.2) is 0 Å². The second-order valence-electron chi connectivity index (χ2n) is 7.91. The van der Waals surface area contributed by atoms with Gasteiger partial charge in [0.2, 0.25) is 11.8 Å². The van der Waals surface area contributed by atoms with E-state index in [4.69, 9.17) is 4.74 Å². The molecule has 0 aromatic heterocycles. The predicted molar refractivity (Wildman–Crippen MR) is 91.9 cm³/mol. The largest absolute Gasteiger partial charge is 0.462 e. The molecular formula is C20H23NO4. The number of rotatable bonds is 4. The van der Waals surface area contributed by atoms with Crippen LogP contribution in [0.25, 0.3) is 0 Å². The van der Waals surface area contributed by atoms with Gasteiger partial charge in [-0.15, -0.1) is 0 Å². The molecule has 5 nitrogen and oxygen atoms in total. The average Bonchev–Trinajstić information content (AvgIpc) is 3.27. The molecule has 0 spiro atoms. The van der Waals surface area contributed by atoms with Crippen molar-refractivity contribution in [3.05, 3.63) is 29.8 Å². The topological polar surface area (TPSA) is 63.7 Å². The van der Waals surface area contributed by atoms with Crippen molar-refractivity contribution < 1.29 is 19.1 Å². The Morgan fingerprint density at radius 1 is 1.12 bits per heavy atom. The number of amides is 2. The molecule has 1 aliphatic heterocycles. The van der Waals surface area contributed by atoms with Gasteiger partial charge >= 0.3 is 5.97 Å². The van der Waals surface area contributed by atoms with Gasteiger partial charge in [-0.3, -0.25) is 9.59 Å². The molecule has 25 heavy (non-hydrogen) atoms. The van der Waals surface area contributed by atoms with Gasteiger partial charge in [-0.1, -0.05) is 26.0 Å². The number of carbonyl (C=O) groups is 3. The highest BCUT2D eigenvalue weighted by Gasteiger charge is 2.61. The lowest BCUT2D eigenvalue weighted by Gasteiger charge is -2.20. The number of esters is 1. The summed E-state index contributed by atoms with van der Waals surface area (Å²) in [5.74, 6) is -0.242. The molecule has 0 radical (unpaired) electrons. The first-order chi connectivity index (χ1) is 12.0. The van der Waals surface area contributed by atoms with Gasteiger partial charge < -0.3 is 4.74 Å². The summed E-state index contributed by atoms with van der Waals surface area (Å²) < 4.78 is 5.32. The van der Waals surface area contributed by atoms with Gasteiger partial charge in [0.1, 0.15) is 0 Å². The molecule has 1 aromatic carbocycles. The number of carbonyl (C=O) groups excluding carboxylic acids is 3. The van der Waals surface area contributed by atoms with Crippen molar-refractivity contribution in [2.45, 2.75) is 33.1 Å². The molecule has 5 heteroatoms. The quantitative estimate of drug-likeness (QED) is 0.624. The van der Waals surface area contributed by atoms with Crippen molar-refractivity contribution in [2.75, 3.05) is 11.5 Å². The zero-order valence-electron chi connectivity index (χ0n) is 14.6. The smallest absolute Gasteiger partial charge is 0.340 e. The molecule has 1 heterocycles. The lowest BCUT2D eigenvalue weighted by Crippen LogP contribution is -2.34. The van der Waals surface area contributed by atoms with Gasteiger partial charge in [-0.2, -0.15) is 0 Å². The highest BCUT2D eigenvalue weighted by atomic mass is 16.5. The van der Waals surface area contributed by atoms with Gasteiger partial charge in [0.05, 0.1) is 29.7 Å². The number of ether oxygens (including phenoxy) is 1. The lowest BCUT2D eigenvalue weighted by molar-refractivity contribution is -0.123. The molecule has 1 saturated heterocycles. The lowest BCUT2D eigenvalue weighted by atomic mass is 9.81. The zero-order valence-corrected chi connectivity index (χ0v) is 14.6. The fraction of sp³-hybridized carbons (Fsp3) is 0.550. The third-order valence-electron chi connectivity index (χ3n) is 5.84. The fourth-order valence-electron chi connectivity index (χ4n) is 4.81. The van der Waals surface area contributed by atoms with Crippen LogP contribution in [-0.2, 0) is 14.3 Å². The number of benzene rings is 1. The molecule has 0 unspecified atom stereocenters. The van der Waals surface area contributed by atoms with E-state index in [1.54, 1.807) is 24.3 Å². The fourth-order valence-corrected chi connectivity index (χ4v) is 4.81. The van der Waals surface area contributed by atoms with Crippen molar-refractivity contribution in [1.29, 1.82) is 0 Å². The summed E-state index contributed by atoms with van der Waals surface area (Å²) in [7, 11) is 0. The minimum absolute atomic E-state index is 0.133. The number of nitrogens with zero attached hydrogens (tertiary/aromatic N) is 1. The standard InChI is InChI=1S/C20H23NO4/c1-11(2)10-25-20(24)14-5-3-4-6-15(14)21-18(22)16-12-7-8-13(9-12)17(16)19(21)23/h3-6,11-13,16-17H,7-10H2,1-2H3/t12-,13+,16-,17+. The van der Waals surface area contributed by atoms with E-state index in [1.807, 2.05) is 13.8 Å². The van der Waals surface area contributed by atoms with Crippen LogP contribution in [0.2, 0.25) is 0 Å². The summed E-state index contributed by atoms with van der Waals surface area (Å²) in [6, 6.07) is 6.77. The van der Waals surface area contributed by atoms with Gasteiger partial charge in [-0.05, 0) is 49.1 Å². The third-order valence-corrected chi connectivity index (χ3v) is 5.84. The van der Waals surface area contributed by atoms with Crippen LogP contribution < -0.4 is 4.90 Å². The van der Waals surface area contributed by atoms with Crippen molar-refractivity contribution >= 4 is 23.5 Å². The van der Waals surface area contributed by atoms with E-state index >= 15 is 0 Å². The number of anilines is 1. The molecule has 2 bridgehead atoms. The molecular weight excluding hydrogens is 318 g/mol. The predicted octanol–water partition coefficient (Wildman–Crippen LogP) is 3.03. The first kappa shape index (κ1) is 16.3. The molecule has 3 fully saturated rings. The Hall–Kier alpha value is -2.17. The van der Waals surface area contributed by atoms with Crippen LogP contribution in [-0.4, -0.2) is 24.4 Å². The summed E-state index contributed by atoms with van der Waals surface area (Å²) in [4.78, 5) is 39.7. The number of imide groups is 1. The van der Waals surface area contributed by atoms with E-state index in [-0.39, 0.29) is 35.1 Å². The van der Waals surface area contributed by atoms with Crippen molar-refractivity contribution in [2.24, 2.45) is 29.6 Å². The van der Waals surface area contributed by atoms with Gasteiger partial charge in [0.25, 0.3) is 0 Å². The van der Waals surface area contributed by atoms with Crippen LogP contribution in [0.4, 0.5) is 5.69 Å². The first-order valence-corrected chi connectivity index (χ1v) is 9.13. The molecule has 0 N–H and O–H groups in total. The van der Waals surface area contributed by atoms with Gasteiger partial charge in [-0.25, -0.2) is 9.69 Å². The van der Waals surface area contributed by atoms with E-state index in [0.717, 1.165) is 19.3 Å². The minimum Gasteiger partial charge on any atom is -0.462 e. The van der Waals surface area contributed by atoms with Crippen LogP contribution in [0.3, 0.4) is 0 Å². The molecule has 2 amide bonds. The number of hydrogen-bond donors (Lipinski definition) is 0. The first-order valence-electron chi connectivity index (χ1n) is 9.13. The molecule has 2 saturated carbocycles. The highest BCUT2D eigenvalue weighted by molar-refractivity contribution is 6.24. The zero-order chi connectivity index (χ0) is 17.7. The van der Waals surface area contributed by atoms with Crippen molar-refractivity contribution in [1.82, 2.24) is 0 Å². The van der Waals surface area contributed by atoms with E-state index in [9.17, 15) is 14.4 Å². The van der Waals surface area contributed by atoms with Crippen LogP contribution in [0.5, 0.6) is 0 Å². The van der Waals surface area contributed by atoms with Crippen LogP contribution in [0.1, 0.15) is 43.5 Å². The third kappa shape index (κ3) is 2.48. The normalized spacial score (nSPS) is 30.3. The summed E-state index contributed by atoms with van der Waals surface area (Å²) in [6.45, 7) is 4.23. The Kier molecular flexibility index (Phi) is 3.89. The minimum atomic E-state index is -0.482. The van der Waals surface area contributed by atoms with Crippen molar-refractivity contribution in [3.63, 3.8) is 0 Å². The molecule has 2 aliphatic carbocycles. The van der Waals surface area contributed by atoms with Crippen LogP contribution in [0, 0.1) is 29.6 Å². The Morgan fingerprint density at radius 3 is 2.32 bits per heavy atom. The monoisotopic (exact) mass is 341 g/mol. The summed E-state index contributed by atoms with van der Waals surface area (Å²) >= 11 is 0.